The van der Waals surface area contributed by atoms with Gasteiger partial charge in [-0.2, -0.15) is 5.90 Å². The molecule has 0 saturated carbocycles. The third kappa shape index (κ3) is 13.9. The molecular weight excluding hydrogens is 742 g/mol. The summed E-state index contributed by atoms with van der Waals surface area (Å²) >= 11 is 0.851. The quantitative estimate of drug-likeness (QED) is 0.0467. The largest absolute Gasteiger partial charge is 0.573 e. The number of ether oxygens (including phenoxy) is 2. The second kappa shape index (κ2) is 18.9. The molecule has 1 amide bonds. The molecule has 0 aliphatic rings. The van der Waals surface area contributed by atoms with E-state index in [4.69, 9.17) is 11.0 Å². The molecule has 0 atom stereocenters. The third-order valence-corrected chi connectivity index (χ3v) is 7.14. The van der Waals surface area contributed by atoms with Gasteiger partial charge in [-0.1, -0.05) is 35.8 Å². The van der Waals surface area contributed by atoms with Crippen LogP contribution in [0.1, 0.15) is 43.0 Å². The van der Waals surface area contributed by atoms with Crippen molar-refractivity contribution in [1.82, 2.24) is 0 Å². The summed E-state index contributed by atoms with van der Waals surface area (Å²) in [5.41, 5.74) is 3.32. The smallest absolute Gasteiger partial charge is 0.478 e. The minimum absolute atomic E-state index is 0.152. The van der Waals surface area contributed by atoms with Crippen LogP contribution in [0.25, 0.3) is 0 Å². The van der Waals surface area contributed by atoms with E-state index in [2.05, 4.69) is 47.8 Å². The first kappa shape index (κ1) is 40.3. The summed E-state index contributed by atoms with van der Waals surface area (Å²) in [6.07, 6.45) is -9.46. The minimum atomic E-state index is -4.74. The second-order valence-electron chi connectivity index (χ2n) is 10.3. The van der Waals surface area contributed by atoms with Crippen LogP contribution in [0.4, 0.5) is 32.0 Å². The van der Waals surface area contributed by atoms with Gasteiger partial charge < -0.3 is 19.9 Å². The molecule has 0 fully saturated rings. The highest BCUT2D eigenvalue weighted by Crippen LogP contribution is 2.28. The molecule has 5 rings (SSSR count). The number of amides is 1. The van der Waals surface area contributed by atoms with Crippen molar-refractivity contribution in [3.63, 3.8) is 0 Å². The first-order chi connectivity index (χ1) is 25.7. The molecular formula is C38H24F6N2O7S. The number of carbonyl (C=O) groups excluding carboxylic acids is 1. The molecule has 0 bridgehead atoms. The van der Waals surface area contributed by atoms with E-state index in [-0.39, 0.29) is 23.0 Å². The van der Waals surface area contributed by atoms with Crippen LogP contribution in [0.2, 0.25) is 0 Å². The predicted octanol–water partition coefficient (Wildman–Crippen LogP) is 8.75. The maximum Gasteiger partial charge on any atom is 0.573 e. The molecule has 54 heavy (non-hydrogen) atoms. The molecule has 0 aromatic heterocycles. The van der Waals surface area contributed by atoms with Crippen molar-refractivity contribution < 1.29 is 59.8 Å². The van der Waals surface area contributed by atoms with Gasteiger partial charge in [0.25, 0.3) is 5.91 Å². The number of nitrogens with two attached hydrogens (primary N) is 1. The summed E-state index contributed by atoms with van der Waals surface area (Å²) < 4.78 is 84.8. The number of aromatic carboxylic acids is 1. The molecule has 0 spiro atoms. The standard InChI is InChI=1S/C22H15F3N2O4S.C16H9F3O3/c23-22(24,25)29-18-13-9-16(10-14-18)6-5-15-7-11-17(12-8-15)21(28)27-19-3-1-2-4-20(19)32-31-30-26;17-16(18,19)22-14-9-5-12(6-10-14)2-1-11-3-7-13(8-4-11)15(20)21/h1-4,7-14H,26H2,(H,27,28);3-10H,(H,20,21). The fourth-order valence-corrected chi connectivity index (χ4v) is 4.52. The van der Waals surface area contributed by atoms with E-state index < -0.39 is 18.7 Å². The Morgan fingerprint density at radius 3 is 1.37 bits per heavy atom. The average molecular weight is 767 g/mol. The number of halogens is 6. The number of carboxylic acid groups (broad SMARTS) is 1. The summed E-state index contributed by atoms with van der Waals surface area (Å²) in [6, 6.07) is 29.8. The van der Waals surface area contributed by atoms with E-state index in [0.29, 0.717) is 38.4 Å². The molecule has 16 heteroatoms. The first-order valence-corrected chi connectivity index (χ1v) is 15.7. The van der Waals surface area contributed by atoms with Crippen LogP contribution in [0.15, 0.2) is 126 Å². The Labute approximate surface area is 307 Å². The van der Waals surface area contributed by atoms with E-state index in [1.807, 2.05) is 0 Å². The Kier molecular flexibility index (Phi) is 14.1. The summed E-state index contributed by atoms with van der Waals surface area (Å²) in [6.45, 7) is 0. The van der Waals surface area contributed by atoms with E-state index in [1.54, 1.807) is 60.7 Å². The molecule has 0 saturated heterocycles. The van der Waals surface area contributed by atoms with Gasteiger partial charge in [-0.3, -0.25) is 4.79 Å². The number of hydrogen-bond acceptors (Lipinski definition) is 8. The molecule has 9 nitrogen and oxygen atoms in total. The maximum absolute atomic E-state index is 12.5. The molecule has 0 aliphatic heterocycles. The Morgan fingerprint density at radius 2 is 0.981 bits per heavy atom. The lowest BCUT2D eigenvalue weighted by atomic mass is 10.1. The number of anilines is 1. The van der Waals surface area contributed by atoms with Gasteiger partial charge in [0.05, 0.1) is 28.2 Å². The molecule has 0 heterocycles. The van der Waals surface area contributed by atoms with Gasteiger partial charge in [-0.25, -0.2) is 4.79 Å². The summed E-state index contributed by atoms with van der Waals surface area (Å²) in [5.74, 6) is 14.1. The topological polar surface area (TPSA) is 129 Å². The number of para-hydroxylation sites is 1. The average Bonchev–Trinajstić information content (AvgIpc) is 3.13. The highest BCUT2D eigenvalue weighted by atomic mass is 32.2. The van der Waals surface area contributed by atoms with E-state index >= 15 is 0 Å². The zero-order valence-corrected chi connectivity index (χ0v) is 28.0. The van der Waals surface area contributed by atoms with Crippen LogP contribution in [-0.2, 0) is 9.32 Å². The molecule has 5 aromatic rings. The summed E-state index contributed by atoms with van der Waals surface area (Å²) in [5, 5.41) is 11.5. The second-order valence-corrected chi connectivity index (χ2v) is 11.0. The Bertz CT molecular complexity index is 2160. The number of carboxylic acids is 1. The monoisotopic (exact) mass is 766 g/mol. The van der Waals surface area contributed by atoms with Crippen molar-refractivity contribution >= 4 is 29.6 Å². The Balaban J connectivity index is 0.000000258. The lowest BCUT2D eigenvalue weighted by molar-refractivity contribution is -0.275. The molecule has 4 N–H and O–H groups in total. The van der Waals surface area contributed by atoms with Crippen LogP contribution in [0.3, 0.4) is 0 Å². The number of nitrogens with one attached hydrogen (secondary N) is 1. The van der Waals surface area contributed by atoms with Crippen molar-refractivity contribution in [2.24, 2.45) is 5.90 Å². The van der Waals surface area contributed by atoms with Crippen LogP contribution in [0.5, 0.6) is 11.5 Å². The van der Waals surface area contributed by atoms with Crippen molar-refractivity contribution in [2.45, 2.75) is 17.6 Å². The van der Waals surface area contributed by atoms with E-state index in [0.717, 1.165) is 12.0 Å². The van der Waals surface area contributed by atoms with Gasteiger partial charge in [0.15, 0.2) is 0 Å². The number of alkyl halides is 6. The van der Waals surface area contributed by atoms with Gasteiger partial charge in [-0.15, -0.1) is 35.7 Å². The van der Waals surface area contributed by atoms with Crippen molar-refractivity contribution in [3.05, 3.63) is 155 Å². The summed E-state index contributed by atoms with van der Waals surface area (Å²) in [7, 11) is 0. The SMILES string of the molecule is NOOSc1ccccc1NC(=O)c1ccc(C#Cc2ccc(OC(F)(F)F)cc2)cc1.O=C(O)c1ccc(C#Cc2ccc(OC(F)(F)F)cc2)cc1. The van der Waals surface area contributed by atoms with Crippen molar-refractivity contribution in [1.29, 1.82) is 0 Å². The number of carbonyl (C=O) groups is 2. The Morgan fingerprint density at radius 1 is 0.593 bits per heavy atom. The van der Waals surface area contributed by atoms with Gasteiger partial charge in [-0.05, 0) is 109 Å². The molecule has 5 aromatic carbocycles. The molecule has 0 radical (unpaired) electrons. The van der Waals surface area contributed by atoms with E-state index in [9.17, 15) is 35.9 Å². The number of benzene rings is 5. The lowest BCUT2D eigenvalue weighted by Gasteiger charge is -2.09. The molecule has 0 aliphatic carbocycles. The minimum Gasteiger partial charge on any atom is -0.478 e. The first-order valence-electron chi connectivity index (χ1n) is 15.0. The summed E-state index contributed by atoms with van der Waals surface area (Å²) in [4.78, 5) is 27.9. The zero-order valence-electron chi connectivity index (χ0n) is 27.2. The highest BCUT2D eigenvalue weighted by Gasteiger charge is 2.31. The molecule has 0 unspecified atom stereocenters. The van der Waals surface area contributed by atoms with Gasteiger partial charge >= 0.3 is 18.7 Å². The van der Waals surface area contributed by atoms with Crippen LogP contribution < -0.4 is 20.7 Å². The lowest BCUT2D eigenvalue weighted by Crippen LogP contribution is -2.16. The predicted molar refractivity (Wildman–Crippen MR) is 185 cm³/mol. The van der Waals surface area contributed by atoms with Crippen LogP contribution in [-0.4, -0.2) is 29.7 Å². The fourth-order valence-electron chi connectivity index (χ4n) is 4.06. The maximum atomic E-state index is 12.5. The van der Waals surface area contributed by atoms with Gasteiger partial charge in [0.2, 0.25) is 0 Å². The van der Waals surface area contributed by atoms with Crippen LogP contribution in [0, 0.1) is 23.7 Å². The van der Waals surface area contributed by atoms with E-state index in [1.165, 1.54) is 60.7 Å². The Hall–Kier alpha value is -6.43. The third-order valence-electron chi connectivity index (χ3n) is 6.46. The zero-order chi connectivity index (χ0) is 39.1. The molecule has 276 valence electrons. The van der Waals surface area contributed by atoms with Gasteiger partial charge in [0, 0.05) is 27.8 Å². The number of hydrogen-bond donors (Lipinski definition) is 3. The normalized spacial score (nSPS) is 10.6. The van der Waals surface area contributed by atoms with Crippen molar-refractivity contribution in [2.75, 3.05) is 5.32 Å². The number of rotatable bonds is 8. The van der Waals surface area contributed by atoms with Crippen LogP contribution >= 0.6 is 12.0 Å². The van der Waals surface area contributed by atoms with Gasteiger partial charge in [0.1, 0.15) is 11.5 Å². The highest BCUT2D eigenvalue weighted by molar-refractivity contribution is 7.94. The fraction of sp³-hybridized carbons (Fsp3) is 0.0526. The van der Waals surface area contributed by atoms with Crippen molar-refractivity contribution in [3.8, 4) is 35.2 Å².